The molecule has 0 radical (unpaired) electrons. The Morgan fingerprint density at radius 3 is 1.89 bits per heavy atom. The van der Waals surface area contributed by atoms with Crippen molar-refractivity contribution in [2.24, 2.45) is 5.92 Å². The van der Waals surface area contributed by atoms with E-state index in [4.69, 9.17) is 0 Å². The maximum absolute atomic E-state index is 15.0. The van der Waals surface area contributed by atoms with Crippen LogP contribution in [0, 0.1) is 29.2 Å². The Bertz CT molecular complexity index is 1330. The third kappa shape index (κ3) is 6.32. The van der Waals surface area contributed by atoms with Crippen LogP contribution in [0.3, 0.4) is 0 Å². The predicted octanol–water partition coefficient (Wildman–Crippen LogP) is 10.1. The lowest BCUT2D eigenvalue weighted by atomic mass is 9.84. The minimum atomic E-state index is -4.74. The minimum absolute atomic E-state index is 0.168. The van der Waals surface area contributed by atoms with Crippen LogP contribution in [0.15, 0.2) is 60.7 Å². The maximum atomic E-state index is 15.0. The van der Waals surface area contributed by atoms with Crippen LogP contribution in [-0.4, -0.2) is 6.18 Å². The van der Waals surface area contributed by atoms with Crippen LogP contribution < -0.4 is 0 Å². The number of benzene rings is 3. The topological polar surface area (TPSA) is 0 Å². The first-order valence-electron chi connectivity index (χ1n) is 12.1. The second-order valence-corrected chi connectivity index (χ2v) is 9.28. The molecule has 3 aromatic rings. The summed E-state index contributed by atoms with van der Waals surface area (Å²) in [6.07, 6.45) is 2.66. The van der Waals surface area contributed by atoms with Crippen LogP contribution in [0.1, 0.15) is 50.2 Å². The molecule has 4 rings (SSSR count). The van der Waals surface area contributed by atoms with Gasteiger partial charge in [0.2, 0.25) is 0 Å². The van der Waals surface area contributed by atoms with Gasteiger partial charge in [0.05, 0.1) is 0 Å². The van der Waals surface area contributed by atoms with Crippen LogP contribution in [0.25, 0.3) is 33.9 Å². The SMILES string of the molecule is CCCC1CC=C(c2ccc(-c3ccc(-c4cc(F)c(/C=C/C(F)(F)F)c(F)c4)c(F)c3)c(F)c2)CC1. The van der Waals surface area contributed by atoms with E-state index in [1.54, 1.807) is 12.1 Å². The molecule has 0 bridgehead atoms. The van der Waals surface area contributed by atoms with E-state index in [2.05, 4.69) is 13.0 Å². The first-order valence-corrected chi connectivity index (χ1v) is 12.1. The van der Waals surface area contributed by atoms with Gasteiger partial charge in [-0.1, -0.05) is 50.1 Å². The quantitative estimate of drug-likeness (QED) is 0.285. The molecule has 0 aromatic heterocycles. The van der Waals surface area contributed by atoms with E-state index in [0.29, 0.717) is 5.92 Å². The summed E-state index contributed by atoms with van der Waals surface area (Å²) < 4.78 is 95.7. The largest absolute Gasteiger partial charge is 0.409 e. The highest BCUT2D eigenvalue weighted by molar-refractivity contribution is 5.75. The number of hydrogen-bond donors (Lipinski definition) is 0. The smallest absolute Gasteiger partial charge is 0.206 e. The fourth-order valence-electron chi connectivity index (χ4n) is 4.76. The molecule has 0 saturated carbocycles. The molecule has 1 atom stereocenters. The van der Waals surface area contributed by atoms with E-state index in [9.17, 15) is 26.3 Å². The third-order valence-electron chi connectivity index (χ3n) is 6.67. The van der Waals surface area contributed by atoms with Gasteiger partial charge in [-0.25, -0.2) is 17.6 Å². The van der Waals surface area contributed by atoms with Gasteiger partial charge in [-0.2, -0.15) is 13.2 Å². The maximum Gasteiger partial charge on any atom is 0.409 e. The monoisotopic (exact) mass is 518 g/mol. The molecule has 0 amide bonds. The number of hydrogen-bond acceptors (Lipinski definition) is 0. The lowest BCUT2D eigenvalue weighted by Gasteiger charge is -2.22. The van der Waals surface area contributed by atoms with Crippen molar-refractivity contribution in [3.8, 4) is 22.3 Å². The summed E-state index contributed by atoms with van der Waals surface area (Å²) in [5, 5.41) is 0. The van der Waals surface area contributed by atoms with Crippen molar-refractivity contribution in [1.82, 2.24) is 0 Å². The van der Waals surface area contributed by atoms with Crippen molar-refractivity contribution in [2.45, 2.75) is 45.2 Å². The first kappa shape index (κ1) is 26.7. The van der Waals surface area contributed by atoms with Crippen LogP contribution in [-0.2, 0) is 0 Å². The minimum Gasteiger partial charge on any atom is -0.206 e. The third-order valence-corrected chi connectivity index (χ3v) is 6.67. The molecule has 1 aliphatic carbocycles. The van der Waals surface area contributed by atoms with Crippen LogP contribution in [0.4, 0.5) is 30.7 Å². The van der Waals surface area contributed by atoms with Crippen molar-refractivity contribution in [2.75, 3.05) is 0 Å². The number of allylic oxidation sites excluding steroid dienone is 3. The molecule has 0 heterocycles. The van der Waals surface area contributed by atoms with Crippen LogP contribution >= 0.6 is 0 Å². The molecule has 0 aliphatic heterocycles. The van der Waals surface area contributed by atoms with Crippen molar-refractivity contribution in [3.05, 3.63) is 95.1 Å². The van der Waals surface area contributed by atoms with Crippen molar-refractivity contribution >= 4 is 11.6 Å². The van der Waals surface area contributed by atoms with Gasteiger partial charge in [0, 0.05) is 22.8 Å². The highest BCUT2D eigenvalue weighted by atomic mass is 19.4. The zero-order chi connectivity index (χ0) is 26.7. The second-order valence-electron chi connectivity index (χ2n) is 9.28. The number of rotatable bonds is 6. The normalized spacial score (nSPS) is 16.3. The Morgan fingerprint density at radius 2 is 1.35 bits per heavy atom. The summed E-state index contributed by atoms with van der Waals surface area (Å²) in [6.45, 7) is 2.16. The van der Waals surface area contributed by atoms with E-state index in [1.165, 1.54) is 24.6 Å². The molecule has 1 aliphatic rings. The number of halogens is 7. The van der Waals surface area contributed by atoms with E-state index >= 15 is 4.39 Å². The molecule has 0 nitrogen and oxygen atoms in total. The van der Waals surface area contributed by atoms with Gasteiger partial charge in [-0.05, 0) is 77.8 Å². The molecule has 7 heteroatoms. The summed E-state index contributed by atoms with van der Waals surface area (Å²) in [7, 11) is 0. The second kappa shape index (κ2) is 11.0. The fourth-order valence-corrected chi connectivity index (χ4v) is 4.76. The van der Waals surface area contributed by atoms with Gasteiger partial charge in [0.1, 0.15) is 23.3 Å². The van der Waals surface area contributed by atoms with Gasteiger partial charge >= 0.3 is 6.18 Å². The van der Waals surface area contributed by atoms with Gasteiger partial charge < -0.3 is 0 Å². The highest BCUT2D eigenvalue weighted by Gasteiger charge is 2.23. The van der Waals surface area contributed by atoms with Crippen LogP contribution in [0.5, 0.6) is 0 Å². The molecule has 0 saturated heterocycles. The Hall–Kier alpha value is -3.35. The lowest BCUT2D eigenvalue weighted by molar-refractivity contribution is -0.0790. The Balaban J connectivity index is 1.58. The molecule has 0 N–H and O–H groups in total. The molecule has 0 fully saturated rings. The highest BCUT2D eigenvalue weighted by Crippen LogP contribution is 2.36. The Morgan fingerprint density at radius 1 is 0.784 bits per heavy atom. The standard InChI is InChI=1S/C30H25F7/c1-2-3-18-4-6-19(7-5-18)20-8-10-23(26(31)14-20)21-9-11-24(27(32)15-21)22-16-28(33)25(29(34)17-22)12-13-30(35,36)37/h6,8-18H,2-5,7H2,1H3/b13-12+. The average Bonchev–Trinajstić information content (AvgIpc) is 2.83. The van der Waals surface area contributed by atoms with E-state index in [1.807, 2.05) is 0 Å². The fraction of sp³-hybridized carbons (Fsp3) is 0.267. The molecule has 0 spiro atoms. The summed E-state index contributed by atoms with van der Waals surface area (Å²) in [5.41, 5.74) is 1.07. The predicted molar refractivity (Wildman–Crippen MR) is 132 cm³/mol. The molecular formula is C30H25F7. The van der Waals surface area contributed by atoms with Crippen molar-refractivity contribution in [3.63, 3.8) is 0 Å². The average molecular weight is 519 g/mol. The lowest BCUT2D eigenvalue weighted by Crippen LogP contribution is -2.05. The molecule has 194 valence electrons. The van der Waals surface area contributed by atoms with Crippen molar-refractivity contribution in [1.29, 1.82) is 0 Å². The summed E-state index contributed by atoms with van der Waals surface area (Å²) in [5.74, 6) is -3.24. The molecular weight excluding hydrogens is 493 g/mol. The van der Waals surface area contributed by atoms with E-state index in [0.717, 1.165) is 55.0 Å². The number of alkyl halides is 3. The van der Waals surface area contributed by atoms with Gasteiger partial charge in [-0.3, -0.25) is 0 Å². The Labute approximate surface area is 211 Å². The molecule has 3 aromatic carbocycles. The summed E-state index contributed by atoms with van der Waals surface area (Å²) >= 11 is 0. The first-order chi connectivity index (χ1) is 17.6. The van der Waals surface area contributed by atoms with Crippen molar-refractivity contribution < 1.29 is 30.7 Å². The van der Waals surface area contributed by atoms with Gasteiger partial charge in [0.25, 0.3) is 0 Å². The molecule has 1 unspecified atom stereocenters. The van der Waals surface area contributed by atoms with Crippen LogP contribution in [0.2, 0.25) is 0 Å². The Kier molecular flexibility index (Phi) is 7.90. The molecule has 37 heavy (non-hydrogen) atoms. The van der Waals surface area contributed by atoms with Gasteiger partial charge in [0.15, 0.2) is 0 Å². The summed E-state index contributed by atoms with van der Waals surface area (Å²) in [4.78, 5) is 0. The van der Waals surface area contributed by atoms with E-state index in [-0.39, 0.29) is 34.4 Å². The summed E-state index contributed by atoms with van der Waals surface area (Å²) in [6, 6.07) is 10.1. The zero-order valence-electron chi connectivity index (χ0n) is 20.1. The zero-order valence-corrected chi connectivity index (χ0v) is 20.1. The van der Waals surface area contributed by atoms with E-state index < -0.39 is 35.0 Å². The van der Waals surface area contributed by atoms with Gasteiger partial charge in [-0.15, -0.1) is 0 Å².